The molecule has 2 aromatic rings. The van der Waals surface area contributed by atoms with Crippen LogP contribution in [0.15, 0.2) is 30.3 Å². The summed E-state index contributed by atoms with van der Waals surface area (Å²) in [7, 11) is 0. The lowest BCUT2D eigenvalue weighted by Crippen LogP contribution is -2.41. The molecule has 0 saturated heterocycles. The zero-order valence-electron chi connectivity index (χ0n) is 11.9. The maximum atomic E-state index is 11.5. The van der Waals surface area contributed by atoms with Crippen molar-refractivity contribution < 1.29 is 19.4 Å². The molecule has 2 N–H and O–H groups in total. The molecule has 1 aromatic heterocycles. The Morgan fingerprint density at radius 3 is 2.76 bits per heavy atom. The molecule has 0 fully saturated rings. The number of esters is 1. The van der Waals surface area contributed by atoms with Gasteiger partial charge in [-0.2, -0.15) is 0 Å². The van der Waals surface area contributed by atoms with Gasteiger partial charge in [0.15, 0.2) is 0 Å². The van der Waals surface area contributed by atoms with Gasteiger partial charge in [-0.15, -0.1) is 11.3 Å². The second kappa shape index (κ2) is 6.24. The Labute approximate surface area is 126 Å². The normalized spacial score (nSPS) is 13.7. The third kappa shape index (κ3) is 3.59. The van der Waals surface area contributed by atoms with Crippen LogP contribution >= 0.6 is 11.3 Å². The molecule has 1 aromatic carbocycles. The molecule has 0 aliphatic carbocycles. The van der Waals surface area contributed by atoms with E-state index in [1.807, 2.05) is 30.3 Å². The number of hydrogen-bond acceptors (Lipinski definition) is 5. The lowest BCUT2D eigenvalue weighted by molar-refractivity contribution is -0.154. The molecule has 1 unspecified atom stereocenters. The van der Waals surface area contributed by atoms with E-state index in [-0.39, 0.29) is 13.2 Å². The fraction of sp³-hybridized carbons (Fsp3) is 0.333. The monoisotopic (exact) mass is 307 g/mol. The van der Waals surface area contributed by atoms with Crippen molar-refractivity contribution in [1.82, 2.24) is 5.32 Å². The first-order valence-electron chi connectivity index (χ1n) is 6.60. The van der Waals surface area contributed by atoms with Crippen LogP contribution in [0, 0.1) is 0 Å². The number of ether oxygens (including phenoxy) is 1. The van der Waals surface area contributed by atoms with E-state index < -0.39 is 17.5 Å². The molecule has 1 atom stereocenters. The minimum Gasteiger partial charge on any atom is -0.459 e. The highest BCUT2D eigenvalue weighted by molar-refractivity contribution is 7.19. The molecule has 1 heterocycles. The molecule has 21 heavy (non-hydrogen) atoms. The average Bonchev–Trinajstić information content (AvgIpc) is 2.90. The second-order valence-electron chi connectivity index (χ2n) is 4.83. The van der Waals surface area contributed by atoms with Crippen molar-refractivity contribution >= 4 is 33.3 Å². The Morgan fingerprint density at radius 1 is 1.38 bits per heavy atom. The van der Waals surface area contributed by atoms with E-state index >= 15 is 0 Å². The van der Waals surface area contributed by atoms with Crippen LogP contribution in [0.3, 0.4) is 0 Å². The minimum atomic E-state index is -1.24. The van der Waals surface area contributed by atoms with Crippen molar-refractivity contribution in [3.63, 3.8) is 0 Å². The first kappa shape index (κ1) is 15.5. The molecule has 0 aliphatic heterocycles. The summed E-state index contributed by atoms with van der Waals surface area (Å²) in [5.41, 5.74) is -1.24. The van der Waals surface area contributed by atoms with Gasteiger partial charge in [-0.1, -0.05) is 18.2 Å². The number of carbonyl (C=O) groups is 2. The van der Waals surface area contributed by atoms with Gasteiger partial charge in [0.05, 0.1) is 13.2 Å². The predicted molar refractivity (Wildman–Crippen MR) is 81.0 cm³/mol. The van der Waals surface area contributed by atoms with Gasteiger partial charge in [0.25, 0.3) is 0 Å². The molecule has 5 nitrogen and oxygen atoms in total. The van der Waals surface area contributed by atoms with Crippen molar-refractivity contribution in [2.45, 2.75) is 19.4 Å². The number of rotatable bonds is 4. The van der Waals surface area contributed by atoms with Gasteiger partial charge < -0.3 is 15.2 Å². The molecule has 0 aliphatic rings. The van der Waals surface area contributed by atoms with Gasteiger partial charge in [-0.3, -0.25) is 4.79 Å². The van der Waals surface area contributed by atoms with Gasteiger partial charge in [0.2, 0.25) is 0 Å². The van der Waals surface area contributed by atoms with Gasteiger partial charge in [-0.05, 0) is 31.4 Å². The molecule has 2 rings (SSSR count). The van der Waals surface area contributed by atoms with Crippen LogP contribution in [-0.2, 0) is 19.9 Å². The SMILES string of the molecule is CCOC(=O)C(=O)NCC(C)(O)c1cc2ccccc2s1. The first-order chi connectivity index (χ1) is 9.94. The van der Waals surface area contributed by atoms with Crippen molar-refractivity contribution in [3.05, 3.63) is 35.2 Å². The number of nitrogens with one attached hydrogen (secondary N) is 1. The molecule has 6 heteroatoms. The predicted octanol–water partition coefficient (Wildman–Crippen LogP) is 1.79. The van der Waals surface area contributed by atoms with Gasteiger partial charge >= 0.3 is 11.9 Å². The maximum absolute atomic E-state index is 11.5. The van der Waals surface area contributed by atoms with Crippen LogP contribution in [-0.4, -0.2) is 30.1 Å². The fourth-order valence-corrected chi connectivity index (χ4v) is 2.96. The first-order valence-corrected chi connectivity index (χ1v) is 7.42. The summed E-state index contributed by atoms with van der Waals surface area (Å²) >= 11 is 1.46. The molecule has 112 valence electrons. The standard InChI is InChI=1S/C15H17NO4S/c1-3-20-14(18)13(17)16-9-15(2,19)12-8-10-6-4-5-7-11(10)21-12/h4-8,19H,3,9H2,1-2H3,(H,16,17). The van der Waals surface area contributed by atoms with E-state index in [9.17, 15) is 14.7 Å². The van der Waals surface area contributed by atoms with E-state index in [2.05, 4.69) is 10.1 Å². The van der Waals surface area contributed by atoms with Crippen molar-refractivity contribution in [2.24, 2.45) is 0 Å². The Bertz CT molecular complexity index is 629. The molecule has 0 radical (unpaired) electrons. The third-order valence-corrected chi connectivity index (χ3v) is 4.38. The van der Waals surface area contributed by atoms with E-state index in [4.69, 9.17) is 0 Å². The van der Waals surface area contributed by atoms with Crippen LogP contribution in [0.25, 0.3) is 10.1 Å². The number of benzene rings is 1. The lowest BCUT2D eigenvalue weighted by Gasteiger charge is -2.21. The van der Waals surface area contributed by atoms with E-state index in [0.29, 0.717) is 0 Å². The van der Waals surface area contributed by atoms with Crippen LogP contribution in [0.1, 0.15) is 18.7 Å². The van der Waals surface area contributed by atoms with Crippen LogP contribution < -0.4 is 5.32 Å². The van der Waals surface area contributed by atoms with Gasteiger partial charge in [-0.25, -0.2) is 4.79 Å². The molecular formula is C15H17NO4S. The zero-order valence-corrected chi connectivity index (χ0v) is 12.7. The number of fused-ring (bicyclic) bond motifs is 1. The van der Waals surface area contributed by atoms with Crippen LogP contribution in [0.2, 0.25) is 0 Å². The van der Waals surface area contributed by atoms with Gasteiger partial charge in [0.1, 0.15) is 5.60 Å². The topological polar surface area (TPSA) is 75.6 Å². The van der Waals surface area contributed by atoms with E-state index in [1.165, 1.54) is 11.3 Å². The van der Waals surface area contributed by atoms with Crippen molar-refractivity contribution in [2.75, 3.05) is 13.2 Å². The highest BCUT2D eigenvalue weighted by atomic mass is 32.1. The number of thiophene rings is 1. The number of amides is 1. The highest BCUT2D eigenvalue weighted by Crippen LogP contribution is 2.32. The van der Waals surface area contributed by atoms with Crippen molar-refractivity contribution in [1.29, 1.82) is 0 Å². The third-order valence-electron chi connectivity index (χ3n) is 3.01. The summed E-state index contributed by atoms with van der Waals surface area (Å²) in [6.07, 6.45) is 0. The summed E-state index contributed by atoms with van der Waals surface area (Å²) in [6.45, 7) is 3.30. The Kier molecular flexibility index (Phi) is 4.59. The summed E-state index contributed by atoms with van der Waals surface area (Å²) in [5.74, 6) is -1.79. The van der Waals surface area contributed by atoms with E-state index in [1.54, 1.807) is 13.8 Å². The zero-order chi connectivity index (χ0) is 15.5. The van der Waals surface area contributed by atoms with Crippen LogP contribution in [0.4, 0.5) is 0 Å². The Balaban J connectivity index is 2.07. The minimum absolute atomic E-state index is 0.0581. The summed E-state index contributed by atoms with van der Waals surface area (Å²) in [6, 6.07) is 9.67. The smallest absolute Gasteiger partial charge is 0.396 e. The average molecular weight is 307 g/mol. The number of hydrogen-bond donors (Lipinski definition) is 2. The Hall–Kier alpha value is -1.92. The Morgan fingerprint density at radius 2 is 2.10 bits per heavy atom. The molecular weight excluding hydrogens is 290 g/mol. The second-order valence-corrected chi connectivity index (χ2v) is 5.91. The molecule has 1 amide bonds. The van der Waals surface area contributed by atoms with Crippen LogP contribution in [0.5, 0.6) is 0 Å². The quantitative estimate of drug-likeness (QED) is 0.667. The lowest BCUT2D eigenvalue weighted by atomic mass is 10.0. The summed E-state index contributed by atoms with van der Waals surface area (Å²) < 4.78 is 5.65. The number of carbonyl (C=O) groups excluding carboxylic acids is 2. The fourth-order valence-electron chi connectivity index (χ4n) is 1.86. The van der Waals surface area contributed by atoms with Crippen molar-refractivity contribution in [3.8, 4) is 0 Å². The molecule has 0 saturated carbocycles. The summed E-state index contributed by atoms with van der Waals surface area (Å²) in [4.78, 5) is 23.4. The highest BCUT2D eigenvalue weighted by Gasteiger charge is 2.27. The summed E-state index contributed by atoms with van der Waals surface area (Å²) in [5, 5.41) is 13.9. The molecule has 0 spiro atoms. The largest absolute Gasteiger partial charge is 0.459 e. The van der Waals surface area contributed by atoms with Gasteiger partial charge in [0, 0.05) is 9.58 Å². The maximum Gasteiger partial charge on any atom is 0.396 e. The number of aliphatic hydroxyl groups is 1. The molecule has 0 bridgehead atoms. The van der Waals surface area contributed by atoms with E-state index in [0.717, 1.165) is 15.0 Å².